The standard InChI is InChI=1S/C13H23N3O3/c1-9(8-17-3)6-10(14-2)12-13(19-5)16-11(18-4)7-15-12/h7,9-10,14H,6,8H2,1-5H3. The zero-order valence-corrected chi connectivity index (χ0v) is 12.3. The van der Waals surface area contributed by atoms with Crippen LogP contribution in [0.4, 0.5) is 0 Å². The van der Waals surface area contributed by atoms with E-state index in [9.17, 15) is 0 Å². The highest BCUT2D eigenvalue weighted by atomic mass is 16.5. The highest BCUT2D eigenvalue weighted by molar-refractivity contribution is 5.25. The summed E-state index contributed by atoms with van der Waals surface area (Å²) in [5.41, 5.74) is 0.786. The first-order valence-electron chi connectivity index (χ1n) is 6.27. The fraction of sp³-hybridized carbons (Fsp3) is 0.692. The summed E-state index contributed by atoms with van der Waals surface area (Å²) >= 11 is 0. The molecule has 19 heavy (non-hydrogen) atoms. The fourth-order valence-electron chi connectivity index (χ4n) is 1.97. The van der Waals surface area contributed by atoms with Gasteiger partial charge in [-0.05, 0) is 19.4 Å². The number of nitrogens with zero attached hydrogens (tertiary/aromatic N) is 2. The Labute approximate surface area is 114 Å². The van der Waals surface area contributed by atoms with Gasteiger partial charge in [-0.2, -0.15) is 4.98 Å². The Kier molecular flexibility index (Phi) is 6.52. The Morgan fingerprint density at radius 2 is 2.00 bits per heavy atom. The zero-order valence-electron chi connectivity index (χ0n) is 12.3. The Morgan fingerprint density at radius 3 is 2.53 bits per heavy atom. The van der Waals surface area contributed by atoms with Gasteiger partial charge in [-0.3, -0.25) is 0 Å². The normalized spacial score (nSPS) is 13.9. The lowest BCUT2D eigenvalue weighted by Gasteiger charge is -2.21. The maximum Gasteiger partial charge on any atom is 0.240 e. The van der Waals surface area contributed by atoms with Gasteiger partial charge >= 0.3 is 0 Å². The summed E-state index contributed by atoms with van der Waals surface area (Å²) in [7, 11) is 6.74. The molecule has 0 radical (unpaired) electrons. The highest BCUT2D eigenvalue weighted by Crippen LogP contribution is 2.27. The lowest BCUT2D eigenvalue weighted by molar-refractivity contribution is 0.149. The number of aromatic nitrogens is 2. The van der Waals surface area contributed by atoms with Gasteiger partial charge in [0.05, 0.1) is 26.5 Å². The first-order valence-corrected chi connectivity index (χ1v) is 6.27. The van der Waals surface area contributed by atoms with Crippen LogP contribution >= 0.6 is 0 Å². The van der Waals surface area contributed by atoms with Crippen molar-refractivity contribution in [1.29, 1.82) is 0 Å². The molecule has 0 aromatic carbocycles. The van der Waals surface area contributed by atoms with Gasteiger partial charge in [0.15, 0.2) is 0 Å². The van der Waals surface area contributed by atoms with Crippen molar-refractivity contribution in [3.05, 3.63) is 11.9 Å². The van der Waals surface area contributed by atoms with Crippen LogP contribution in [0.25, 0.3) is 0 Å². The molecule has 1 heterocycles. The predicted octanol–water partition coefficient (Wildman–Crippen LogP) is 1.43. The van der Waals surface area contributed by atoms with E-state index in [1.165, 1.54) is 0 Å². The molecule has 0 aliphatic heterocycles. The Bertz CT molecular complexity index is 387. The molecule has 0 aliphatic rings. The number of hydrogen-bond donors (Lipinski definition) is 1. The molecule has 0 amide bonds. The first-order chi connectivity index (χ1) is 9.15. The minimum absolute atomic E-state index is 0.0681. The Morgan fingerprint density at radius 1 is 1.26 bits per heavy atom. The van der Waals surface area contributed by atoms with Gasteiger partial charge in [-0.25, -0.2) is 4.98 Å². The van der Waals surface area contributed by atoms with Crippen LogP contribution in [0.15, 0.2) is 6.20 Å². The average molecular weight is 269 g/mol. The highest BCUT2D eigenvalue weighted by Gasteiger charge is 2.20. The van der Waals surface area contributed by atoms with Gasteiger partial charge in [0.2, 0.25) is 11.8 Å². The van der Waals surface area contributed by atoms with Crippen molar-refractivity contribution < 1.29 is 14.2 Å². The van der Waals surface area contributed by atoms with Gasteiger partial charge in [0.1, 0.15) is 5.69 Å². The second-order valence-corrected chi connectivity index (χ2v) is 4.44. The summed E-state index contributed by atoms with van der Waals surface area (Å²) in [6.45, 7) is 2.85. The summed E-state index contributed by atoms with van der Waals surface area (Å²) < 4.78 is 15.5. The average Bonchev–Trinajstić information content (AvgIpc) is 2.44. The fourth-order valence-corrected chi connectivity index (χ4v) is 1.97. The van der Waals surface area contributed by atoms with Crippen LogP contribution in [0.2, 0.25) is 0 Å². The van der Waals surface area contributed by atoms with Gasteiger partial charge < -0.3 is 19.5 Å². The van der Waals surface area contributed by atoms with Crippen LogP contribution < -0.4 is 14.8 Å². The Hall–Kier alpha value is -1.40. The van der Waals surface area contributed by atoms with Crippen LogP contribution in [0.5, 0.6) is 11.8 Å². The van der Waals surface area contributed by atoms with E-state index in [1.807, 2.05) is 7.05 Å². The summed E-state index contributed by atoms with van der Waals surface area (Å²) in [5, 5.41) is 3.24. The summed E-state index contributed by atoms with van der Waals surface area (Å²) in [4.78, 5) is 8.64. The van der Waals surface area contributed by atoms with Crippen molar-refractivity contribution in [3.8, 4) is 11.8 Å². The molecule has 108 valence electrons. The third-order valence-corrected chi connectivity index (χ3v) is 2.92. The minimum atomic E-state index is 0.0681. The molecule has 6 nitrogen and oxygen atoms in total. The van der Waals surface area contributed by atoms with E-state index >= 15 is 0 Å². The van der Waals surface area contributed by atoms with Crippen LogP contribution in [-0.2, 0) is 4.74 Å². The molecular weight excluding hydrogens is 246 g/mol. The van der Waals surface area contributed by atoms with Crippen molar-refractivity contribution in [2.45, 2.75) is 19.4 Å². The maximum atomic E-state index is 5.29. The van der Waals surface area contributed by atoms with Crippen molar-refractivity contribution in [2.24, 2.45) is 5.92 Å². The first kappa shape index (κ1) is 15.7. The predicted molar refractivity (Wildman–Crippen MR) is 72.6 cm³/mol. The molecule has 2 atom stereocenters. The summed E-state index contributed by atoms with van der Waals surface area (Å²) in [6.07, 6.45) is 2.49. The second kappa shape index (κ2) is 7.91. The third-order valence-electron chi connectivity index (χ3n) is 2.92. The third kappa shape index (κ3) is 4.33. The number of nitrogens with one attached hydrogen (secondary N) is 1. The van der Waals surface area contributed by atoms with E-state index in [2.05, 4.69) is 22.2 Å². The number of rotatable bonds is 8. The lowest BCUT2D eigenvalue weighted by Crippen LogP contribution is -2.22. The largest absolute Gasteiger partial charge is 0.480 e. The van der Waals surface area contributed by atoms with Crippen LogP contribution in [0.3, 0.4) is 0 Å². The zero-order chi connectivity index (χ0) is 14.3. The van der Waals surface area contributed by atoms with Crippen LogP contribution in [0.1, 0.15) is 25.1 Å². The van der Waals surface area contributed by atoms with Crippen molar-refractivity contribution in [2.75, 3.05) is 35.0 Å². The van der Waals surface area contributed by atoms with Crippen molar-refractivity contribution in [1.82, 2.24) is 15.3 Å². The van der Waals surface area contributed by atoms with E-state index < -0.39 is 0 Å². The maximum absolute atomic E-state index is 5.29. The van der Waals surface area contributed by atoms with Gasteiger partial charge in [0, 0.05) is 13.7 Å². The summed E-state index contributed by atoms with van der Waals surface area (Å²) in [6, 6.07) is 0.0681. The number of methoxy groups -OCH3 is 3. The van der Waals surface area contributed by atoms with Gasteiger partial charge in [-0.1, -0.05) is 6.92 Å². The quantitative estimate of drug-likeness (QED) is 0.770. The number of hydrogen-bond acceptors (Lipinski definition) is 6. The van der Waals surface area contributed by atoms with Gasteiger partial charge in [-0.15, -0.1) is 0 Å². The van der Waals surface area contributed by atoms with Gasteiger partial charge in [0.25, 0.3) is 0 Å². The topological polar surface area (TPSA) is 65.5 Å². The van der Waals surface area contributed by atoms with Crippen LogP contribution in [-0.4, -0.2) is 45.0 Å². The summed E-state index contributed by atoms with van der Waals surface area (Å²) in [5.74, 6) is 1.35. The molecule has 0 bridgehead atoms. The van der Waals surface area contributed by atoms with Crippen LogP contribution in [0, 0.1) is 5.92 Å². The molecular formula is C13H23N3O3. The molecule has 1 aromatic rings. The van der Waals surface area contributed by atoms with E-state index in [-0.39, 0.29) is 6.04 Å². The Balaban J connectivity index is 2.90. The van der Waals surface area contributed by atoms with E-state index in [0.717, 1.165) is 12.1 Å². The molecule has 0 saturated carbocycles. The van der Waals surface area contributed by atoms with E-state index in [0.29, 0.717) is 24.3 Å². The van der Waals surface area contributed by atoms with Crippen molar-refractivity contribution >= 4 is 0 Å². The molecule has 6 heteroatoms. The van der Waals surface area contributed by atoms with Crippen molar-refractivity contribution in [3.63, 3.8) is 0 Å². The molecule has 0 aliphatic carbocycles. The lowest BCUT2D eigenvalue weighted by atomic mass is 10.00. The molecule has 0 saturated heterocycles. The SMILES string of the molecule is CNC(CC(C)COC)c1ncc(OC)nc1OC. The molecule has 0 spiro atoms. The molecule has 2 unspecified atom stereocenters. The monoisotopic (exact) mass is 269 g/mol. The molecule has 0 fully saturated rings. The minimum Gasteiger partial charge on any atom is -0.480 e. The smallest absolute Gasteiger partial charge is 0.240 e. The van der Waals surface area contributed by atoms with E-state index in [1.54, 1.807) is 27.5 Å². The number of ether oxygens (including phenoxy) is 3. The van der Waals surface area contributed by atoms with E-state index in [4.69, 9.17) is 14.2 Å². The molecule has 1 aromatic heterocycles. The second-order valence-electron chi connectivity index (χ2n) is 4.44. The molecule has 1 N–H and O–H groups in total. The molecule has 1 rings (SSSR count).